The van der Waals surface area contributed by atoms with Crippen molar-refractivity contribution in [2.75, 3.05) is 6.54 Å². The molecule has 1 aromatic heterocycles. The van der Waals surface area contributed by atoms with E-state index in [0.717, 1.165) is 12.1 Å². The van der Waals surface area contributed by atoms with Crippen LogP contribution in [0.1, 0.15) is 37.5 Å². The summed E-state index contributed by atoms with van der Waals surface area (Å²) >= 11 is 0. The molecule has 9 heteroatoms. The van der Waals surface area contributed by atoms with Gasteiger partial charge in [0, 0.05) is 12.1 Å². The molecule has 0 spiro atoms. The smallest absolute Gasteiger partial charge is 0.416 e. The zero-order chi connectivity index (χ0) is 21.8. The van der Waals surface area contributed by atoms with E-state index >= 15 is 0 Å². The van der Waals surface area contributed by atoms with Crippen molar-refractivity contribution in [3.8, 4) is 11.3 Å². The summed E-state index contributed by atoms with van der Waals surface area (Å²) in [4.78, 5) is 23.0. The predicted octanol–water partition coefficient (Wildman–Crippen LogP) is 4.22. The maximum Gasteiger partial charge on any atom is 0.416 e. The largest absolute Gasteiger partial charge is 0.481 e. The van der Waals surface area contributed by atoms with Crippen molar-refractivity contribution in [2.45, 2.75) is 38.4 Å². The zero-order valence-corrected chi connectivity index (χ0v) is 15.9. The van der Waals surface area contributed by atoms with Crippen LogP contribution < -0.4 is 5.32 Å². The summed E-state index contributed by atoms with van der Waals surface area (Å²) in [5.74, 6) is -3.04. The van der Waals surface area contributed by atoms with E-state index < -0.39 is 35.6 Å². The van der Waals surface area contributed by atoms with Gasteiger partial charge in [0.2, 0.25) is 0 Å². The van der Waals surface area contributed by atoms with E-state index in [-0.39, 0.29) is 24.0 Å². The Kier molecular flexibility index (Phi) is 7.07. The second-order valence-corrected chi connectivity index (χ2v) is 7.10. The Morgan fingerprint density at radius 3 is 2.14 bits per heavy atom. The van der Waals surface area contributed by atoms with E-state index in [1.54, 1.807) is 0 Å². The highest BCUT2D eigenvalue weighted by Crippen LogP contribution is 2.32. The van der Waals surface area contributed by atoms with Gasteiger partial charge in [0.15, 0.2) is 0 Å². The SMILES string of the molecule is CC(C)CC(NCC(C(=O)O)c1ccc(-c2ccc(C(F)(F)F)cc2)o1)C(=O)O. The quantitative estimate of drug-likeness (QED) is 0.569. The minimum absolute atomic E-state index is 0.0774. The molecule has 6 nitrogen and oxygen atoms in total. The van der Waals surface area contributed by atoms with Gasteiger partial charge in [0.25, 0.3) is 0 Å². The third kappa shape index (κ3) is 6.08. The highest BCUT2D eigenvalue weighted by Gasteiger charge is 2.30. The number of halogens is 3. The van der Waals surface area contributed by atoms with E-state index in [1.165, 1.54) is 24.3 Å². The summed E-state index contributed by atoms with van der Waals surface area (Å²) in [7, 11) is 0. The summed E-state index contributed by atoms with van der Waals surface area (Å²) in [5.41, 5.74) is -0.435. The van der Waals surface area contributed by atoms with Crippen LogP contribution in [0.5, 0.6) is 0 Å². The van der Waals surface area contributed by atoms with Crippen LogP contribution in [0.3, 0.4) is 0 Å². The number of carboxylic acid groups (broad SMARTS) is 2. The van der Waals surface area contributed by atoms with Gasteiger partial charge in [-0.25, -0.2) is 0 Å². The molecule has 29 heavy (non-hydrogen) atoms. The average molecular weight is 413 g/mol. The Hall–Kier alpha value is -2.81. The lowest BCUT2D eigenvalue weighted by Crippen LogP contribution is -2.41. The molecule has 3 N–H and O–H groups in total. The topological polar surface area (TPSA) is 99.8 Å². The molecule has 0 saturated carbocycles. The van der Waals surface area contributed by atoms with Crippen molar-refractivity contribution in [3.05, 3.63) is 47.7 Å². The molecule has 158 valence electrons. The number of carbonyl (C=O) groups is 2. The van der Waals surface area contributed by atoms with E-state index in [4.69, 9.17) is 4.42 Å². The van der Waals surface area contributed by atoms with E-state index in [1.807, 2.05) is 13.8 Å². The number of carboxylic acids is 2. The summed E-state index contributed by atoms with van der Waals surface area (Å²) < 4.78 is 43.6. The van der Waals surface area contributed by atoms with Gasteiger partial charge in [-0.05, 0) is 36.6 Å². The van der Waals surface area contributed by atoms with Crippen molar-refractivity contribution in [3.63, 3.8) is 0 Å². The van der Waals surface area contributed by atoms with Crippen molar-refractivity contribution in [2.24, 2.45) is 5.92 Å². The maximum atomic E-state index is 12.7. The first-order valence-corrected chi connectivity index (χ1v) is 8.95. The zero-order valence-electron chi connectivity index (χ0n) is 15.9. The van der Waals surface area contributed by atoms with Crippen molar-refractivity contribution in [1.29, 1.82) is 0 Å². The fourth-order valence-corrected chi connectivity index (χ4v) is 2.83. The molecule has 2 unspecified atom stereocenters. The van der Waals surface area contributed by atoms with E-state index in [9.17, 15) is 33.0 Å². The lowest BCUT2D eigenvalue weighted by molar-refractivity contribution is -0.142. The lowest BCUT2D eigenvalue weighted by atomic mass is 10.0. The van der Waals surface area contributed by atoms with E-state index in [2.05, 4.69) is 5.32 Å². The van der Waals surface area contributed by atoms with Gasteiger partial charge in [0.05, 0.1) is 5.56 Å². The van der Waals surface area contributed by atoms with Crippen molar-refractivity contribution in [1.82, 2.24) is 5.32 Å². The molecule has 1 heterocycles. The van der Waals surface area contributed by atoms with Gasteiger partial charge in [-0.1, -0.05) is 26.0 Å². The van der Waals surface area contributed by atoms with Gasteiger partial charge >= 0.3 is 18.1 Å². The molecule has 2 atom stereocenters. The number of hydrogen-bond donors (Lipinski definition) is 3. The Morgan fingerprint density at radius 2 is 1.66 bits per heavy atom. The first kappa shape index (κ1) is 22.5. The van der Waals surface area contributed by atoms with Crippen LogP contribution in [0.15, 0.2) is 40.8 Å². The molecule has 0 aliphatic carbocycles. The molecule has 0 fully saturated rings. The number of aliphatic carboxylic acids is 2. The average Bonchev–Trinajstić information content (AvgIpc) is 3.09. The van der Waals surface area contributed by atoms with Crippen molar-refractivity contribution < 1.29 is 37.4 Å². The third-order valence-corrected chi connectivity index (χ3v) is 4.34. The van der Waals surface area contributed by atoms with Gasteiger partial charge < -0.3 is 19.9 Å². The van der Waals surface area contributed by atoms with Crippen LogP contribution in [-0.2, 0) is 15.8 Å². The number of hydrogen-bond acceptors (Lipinski definition) is 4. The highest BCUT2D eigenvalue weighted by atomic mass is 19.4. The van der Waals surface area contributed by atoms with Gasteiger partial charge in [-0.3, -0.25) is 9.59 Å². The van der Waals surface area contributed by atoms with E-state index in [0.29, 0.717) is 12.0 Å². The standard InChI is InChI=1S/C20H22F3NO5/c1-11(2)9-15(19(27)28)24-10-14(18(25)26)17-8-7-16(29-17)12-3-5-13(6-4-12)20(21,22)23/h3-8,11,14-15,24H,9-10H2,1-2H3,(H,25,26)(H,27,28). The maximum absolute atomic E-state index is 12.7. The molecule has 1 aromatic carbocycles. The molecular weight excluding hydrogens is 391 g/mol. The molecule has 0 radical (unpaired) electrons. The Morgan fingerprint density at radius 1 is 1.03 bits per heavy atom. The van der Waals surface area contributed by atoms with Crippen LogP contribution in [0.4, 0.5) is 13.2 Å². The Labute approximate surface area is 165 Å². The highest BCUT2D eigenvalue weighted by molar-refractivity contribution is 5.77. The second kappa shape index (κ2) is 9.13. The normalized spacial score (nSPS) is 14.0. The minimum Gasteiger partial charge on any atom is -0.481 e. The number of nitrogens with one attached hydrogen (secondary N) is 1. The molecular formula is C20H22F3NO5. The summed E-state index contributed by atoms with van der Waals surface area (Å²) in [6.45, 7) is 3.54. The van der Waals surface area contributed by atoms with Gasteiger partial charge in [0.1, 0.15) is 23.5 Å². The molecule has 2 aromatic rings. The number of benzene rings is 1. The van der Waals surface area contributed by atoms with Crippen LogP contribution in [0, 0.1) is 5.92 Å². The van der Waals surface area contributed by atoms with Crippen LogP contribution in [-0.4, -0.2) is 34.7 Å². The first-order chi connectivity index (χ1) is 13.5. The van der Waals surface area contributed by atoms with Crippen molar-refractivity contribution >= 4 is 11.9 Å². The molecule has 2 rings (SSSR count). The third-order valence-electron chi connectivity index (χ3n) is 4.34. The molecule has 0 aliphatic rings. The molecule has 0 amide bonds. The molecule has 0 saturated heterocycles. The number of rotatable bonds is 9. The Balaban J connectivity index is 2.16. The first-order valence-electron chi connectivity index (χ1n) is 8.95. The molecule has 0 bridgehead atoms. The number of furan rings is 1. The summed E-state index contributed by atoms with van der Waals surface area (Å²) in [6.07, 6.45) is -4.12. The second-order valence-electron chi connectivity index (χ2n) is 7.10. The van der Waals surface area contributed by atoms with Gasteiger partial charge in [-0.15, -0.1) is 0 Å². The van der Waals surface area contributed by atoms with Crippen LogP contribution in [0.25, 0.3) is 11.3 Å². The molecule has 0 aliphatic heterocycles. The fraction of sp³-hybridized carbons (Fsp3) is 0.400. The predicted molar refractivity (Wildman–Crippen MR) is 98.4 cm³/mol. The minimum atomic E-state index is -4.45. The monoisotopic (exact) mass is 413 g/mol. The summed E-state index contributed by atoms with van der Waals surface area (Å²) in [5, 5.41) is 21.5. The lowest BCUT2D eigenvalue weighted by Gasteiger charge is -2.18. The van der Waals surface area contributed by atoms with Crippen LogP contribution >= 0.6 is 0 Å². The fourth-order valence-electron chi connectivity index (χ4n) is 2.83. The summed E-state index contributed by atoms with van der Waals surface area (Å²) in [6, 6.07) is 6.29. The van der Waals surface area contributed by atoms with Gasteiger partial charge in [-0.2, -0.15) is 13.2 Å². The Bertz CT molecular complexity index is 843. The van der Waals surface area contributed by atoms with Crippen LogP contribution in [0.2, 0.25) is 0 Å². The number of alkyl halides is 3.